The van der Waals surface area contributed by atoms with E-state index in [1.165, 1.54) is 38.9 Å². The van der Waals surface area contributed by atoms with Crippen molar-refractivity contribution in [3.63, 3.8) is 0 Å². The molecule has 1 aliphatic heterocycles. The topological polar surface area (TPSA) is 33.7 Å². The van der Waals surface area contributed by atoms with E-state index in [1.807, 2.05) is 7.05 Å². The molecule has 1 fully saturated rings. The van der Waals surface area contributed by atoms with E-state index in [1.54, 1.807) is 7.11 Å². The normalized spacial score (nSPS) is 18.3. The van der Waals surface area contributed by atoms with Crippen molar-refractivity contribution in [2.24, 2.45) is 5.92 Å². The molecule has 4 nitrogen and oxygen atoms in total. The predicted octanol–water partition coefficient (Wildman–Crippen LogP) is 1.36. The van der Waals surface area contributed by atoms with Crippen LogP contribution in [0.1, 0.15) is 25.7 Å². The zero-order chi connectivity index (χ0) is 13.1. The summed E-state index contributed by atoms with van der Waals surface area (Å²) in [5, 5.41) is 3.24. The summed E-state index contributed by atoms with van der Waals surface area (Å²) in [7, 11) is 3.75. The summed E-state index contributed by atoms with van der Waals surface area (Å²) in [5.74, 6) is 0.937. The third kappa shape index (κ3) is 7.31. The van der Waals surface area contributed by atoms with Crippen molar-refractivity contribution in [1.82, 2.24) is 10.2 Å². The van der Waals surface area contributed by atoms with Gasteiger partial charge in [-0.05, 0) is 58.3 Å². The molecule has 18 heavy (non-hydrogen) atoms. The molecule has 0 aromatic carbocycles. The standard InChI is InChI=1S/C14H30N2O2/c1-15-7-4-14-5-9-16(10-6-14)8-3-11-18-13-12-17-2/h14-15H,3-13H2,1-2H3. The van der Waals surface area contributed by atoms with Crippen LogP contribution in [-0.4, -0.2) is 65.1 Å². The van der Waals surface area contributed by atoms with Crippen molar-refractivity contribution < 1.29 is 9.47 Å². The van der Waals surface area contributed by atoms with Crippen LogP contribution in [0.2, 0.25) is 0 Å². The largest absolute Gasteiger partial charge is 0.382 e. The number of nitrogens with zero attached hydrogens (tertiary/aromatic N) is 1. The Balaban J connectivity index is 1.92. The molecule has 0 radical (unpaired) electrons. The minimum atomic E-state index is 0.705. The van der Waals surface area contributed by atoms with E-state index in [0.29, 0.717) is 6.61 Å². The first-order chi connectivity index (χ1) is 8.86. The predicted molar refractivity (Wildman–Crippen MR) is 75.0 cm³/mol. The molecule has 0 aromatic rings. The highest BCUT2D eigenvalue weighted by Crippen LogP contribution is 2.19. The van der Waals surface area contributed by atoms with E-state index in [4.69, 9.17) is 9.47 Å². The van der Waals surface area contributed by atoms with Crippen LogP contribution >= 0.6 is 0 Å². The van der Waals surface area contributed by atoms with Crippen LogP contribution in [0.5, 0.6) is 0 Å². The molecule has 1 aliphatic rings. The van der Waals surface area contributed by atoms with Gasteiger partial charge < -0.3 is 19.7 Å². The SMILES string of the molecule is CNCCC1CCN(CCCOCCOC)CC1. The molecule has 0 amide bonds. The van der Waals surface area contributed by atoms with Crippen LogP contribution in [-0.2, 0) is 9.47 Å². The van der Waals surface area contributed by atoms with Crippen LogP contribution in [0.3, 0.4) is 0 Å². The van der Waals surface area contributed by atoms with Crippen LogP contribution in [0.15, 0.2) is 0 Å². The van der Waals surface area contributed by atoms with Crippen molar-refractivity contribution in [1.29, 1.82) is 0 Å². The Morgan fingerprint density at radius 2 is 1.94 bits per heavy atom. The minimum Gasteiger partial charge on any atom is -0.382 e. The molecular formula is C14H30N2O2. The highest BCUT2D eigenvalue weighted by atomic mass is 16.5. The second-order valence-electron chi connectivity index (χ2n) is 5.14. The van der Waals surface area contributed by atoms with Gasteiger partial charge in [-0.1, -0.05) is 0 Å². The summed E-state index contributed by atoms with van der Waals surface area (Å²) >= 11 is 0. The Kier molecular flexibility index (Phi) is 9.48. The lowest BCUT2D eigenvalue weighted by Crippen LogP contribution is -2.35. The summed E-state index contributed by atoms with van der Waals surface area (Å²) in [6.07, 6.45) is 5.22. The lowest BCUT2D eigenvalue weighted by atomic mass is 9.93. The maximum atomic E-state index is 5.48. The van der Waals surface area contributed by atoms with Crippen molar-refractivity contribution in [3.05, 3.63) is 0 Å². The van der Waals surface area contributed by atoms with Gasteiger partial charge in [0.25, 0.3) is 0 Å². The van der Waals surface area contributed by atoms with Gasteiger partial charge in [-0.2, -0.15) is 0 Å². The number of likely N-dealkylation sites (tertiary alicyclic amines) is 1. The third-order valence-corrected chi connectivity index (χ3v) is 3.70. The fourth-order valence-corrected chi connectivity index (χ4v) is 2.48. The highest BCUT2D eigenvalue weighted by Gasteiger charge is 2.17. The number of hydrogen-bond donors (Lipinski definition) is 1. The molecule has 0 aliphatic carbocycles. The van der Waals surface area contributed by atoms with Crippen molar-refractivity contribution in [3.8, 4) is 0 Å². The molecule has 1 rings (SSSR count). The third-order valence-electron chi connectivity index (χ3n) is 3.70. The first-order valence-corrected chi connectivity index (χ1v) is 7.30. The number of piperidine rings is 1. The lowest BCUT2D eigenvalue weighted by Gasteiger charge is -2.31. The van der Waals surface area contributed by atoms with E-state index >= 15 is 0 Å². The zero-order valence-corrected chi connectivity index (χ0v) is 12.1. The summed E-state index contributed by atoms with van der Waals surface area (Å²) in [5.41, 5.74) is 0. The van der Waals surface area contributed by atoms with Gasteiger partial charge in [0.2, 0.25) is 0 Å². The molecule has 0 spiro atoms. The second-order valence-corrected chi connectivity index (χ2v) is 5.14. The molecule has 108 valence electrons. The van der Waals surface area contributed by atoms with E-state index in [2.05, 4.69) is 10.2 Å². The van der Waals surface area contributed by atoms with Gasteiger partial charge in [-0.3, -0.25) is 0 Å². The maximum absolute atomic E-state index is 5.48. The first-order valence-electron chi connectivity index (χ1n) is 7.30. The monoisotopic (exact) mass is 258 g/mol. The Labute approximate surface area is 112 Å². The second kappa shape index (κ2) is 10.7. The molecule has 0 aromatic heterocycles. The smallest absolute Gasteiger partial charge is 0.0700 e. The fourth-order valence-electron chi connectivity index (χ4n) is 2.48. The summed E-state index contributed by atoms with van der Waals surface area (Å²) in [6.45, 7) is 7.19. The average Bonchev–Trinajstić information content (AvgIpc) is 2.42. The fraction of sp³-hybridized carbons (Fsp3) is 1.00. The molecule has 1 N–H and O–H groups in total. The molecular weight excluding hydrogens is 228 g/mol. The summed E-state index contributed by atoms with van der Waals surface area (Å²) < 4.78 is 10.4. The van der Waals surface area contributed by atoms with Gasteiger partial charge >= 0.3 is 0 Å². The molecule has 1 saturated heterocycles. The Morgan fingerprint density at radius 3 is 2.61 bits per heavy atom. The number of rotatable bonds is 10. The maximum Gasteiger partial charge on any atom is 0.0700 e. The van der Waals surface area contributed by atoms with Crippen molar-refractivity contribution in [2.75, 3.05) is 60.2 Å². The Hall–Kier alpha value is -0.160. The average molecular weight is 258 g/mol. The van der Waals surface area contributed by atoms with Gasteiger partial charge in [0.1, 0.15) is 0 Å². The molecule has 0 saturated carbocycles. The highest BCUT2D eigenvalue weighted by molar-refractivity contribution is 4.72. The lowest BCUT2D eigenvalue weighted by molar-refractivity contribution is 0.0629. The Morgan fingerprint density at radius 1 is 1.17 bits per heavy atom. The molecule has 1 heterocycles. The Bertz CT molecular complexity index is 183. The van der Waals surface area contributed by atoms with E-state index < -0.39 is 0 Å². The van der Waals surface area contributed by atoms with Gasteiger partial charge in [0, 0.05) is 20.3 Å². The van der Waals surface area contributed by atoms with Crippen LogP contribution in [0, 0.1) is 5.92 Å². The van der Waals surface area contributed by atoms with Crippen LogP contribution in [0.4, 0.5) is 0 Å². The summed E-state index contributed by atoms with van der Waals surface area (Å²) in [6, 6.07) is 0. The molecule has 0 bridgehead atoms. The summed E-state index contributed by atoms with van der Waals surface area (Å²) in [4.78, 5) is 2.58. The number of methoxy groups -OCH3 is 1. The first kappa shape index (κ1) is 15.9. The number of nitrogens with one attached hydrogen (secondary N) is 1. The van der Waals surface area contributed by atoms with Crippen molar-refractivity contribution >= 4 is 0 Å². The number of hydrogen-bond acceptors (Lipinski definition) is 4. The van der Waals surface area contributed by atoms with Crippen LogP contribution < -0.4 is 5.32 Å². The molecule has 0 atom stereocenters. The van der Waals surface area contributed by atoms with Crippen LogP contribution in [0.25, 0.3) is 0 Å². The van der Waals surface area contributed by atoms with E-state index in [-0.39, 0.29) is 0 Å². The van der Waals surface area contributed by atoms with E-state index in [0.717, 1.165) is 32.1 Å². The van der Waals surface area contributed by atoms with E-state index in [9.17, 15) is 0 Å². The molecule has 0 unspecified atom stereocenters. The van der Waals surface area contributed by atoms with Gasteiger partial charge in [-0.15, -0.1) is 0 Å². The number of ether oxygens (including phenoxy) is 2. The van der Waals surface area contributed by atoms with Gasteiger partial charge in [0.05, 0.1) is 13.2 Å². The van der Waals surface area contributed by atoms with Gasteiger partial charge in [-0.25, -0.2) is 0 Å². The minimum absolute atomic E-state index is 0.705. The van der Waals surface area contributed by atoms with Crippen molar-refractivity contribution in [2.45, 2.75) is 25.7 Å². The zero-order valence-electron chi connectivity index (χ0n) is 12.1. The molecule has 4 heteroatoms. The van der Waals surface area contributed by atoms with Gasteiger partial charge in [0.15, 0.2) is 0 Å². The quantitative estimate of drug-likeness (QED) is 0.600.